The van der Waals surface area contributed by atoms with E-state index in [-0.39, 0.29) is 0 Å². The highest BCUT2D eigenvalue weighted by Crippen LogP contribution is 2.30. The molecule has 1 N–H and O–H groups in total. The number of aliphatic hydroxyl groups excluding tert-OH is 1. The maximum Gasteiger partial charge on any atom is 0.119 e. The molecule has 16 heavy (non-hydrogen) atoms. The smallest absolute Gasteiger partial charge is 0.119 e. The predicted octanol–water partition coefficient (Wildman–Crippen LogP) is 3.93. The second kappa shape index (κ2) is 6.26. The summed E-state index contributed by atoms with van der Waals surface area (Å²) < 4.78 is 6.09. The van der Waals surface area contributed by atoms with Crippen molar-refractivity contribution < 1.29 is 9.84 Å². The number of rotatable bonds is 5. The fraction of sp³-hybridized carbons (Fsp3) is 0.538. The molecule has 0 spiro atoms. The van der Waals surface area contributed by atoms with Gasteiger partial charge in [0.15, 0.2) is 0 Å². The number of hydrogen-bond donors (Lipinski definition) is 1. The molecule has 1 aromatic rings. The molecule has 1 atom stereocenters. The van der Waals surface area contributed by atoms with Crippen molar-refractivity contribution in [2.75, 3.05) is 7.11 Å². The van der Waals surface area contributed by atoms with Crippen molar-refractivity contribution >= 4 is 15.9 Å². The van der Waals surface area contributed by atoms with Gasteiger partial charge in [0.25, 0.3) is 0 Å². The molecule has 0 saturated carbocycles. The highest BCUT2D eigenvalue weighted by molar-refractivity contribution is 9.10. The lowest BCUT2D eigenvalue weighted by atomic mass is 10.00. The Hall–Kier alpha value is -0.540. The van der Waals surface area contributed by atoms with Crippen molar-refractivity contribution in [1.29, 1.82) is 0 Å². The van der Waals surface area contributed by atoms with Crippen LogP contribution in [0.4, 0.5) is 0 Å². The molecule has 1 aromatic carbocycles. The molecule has 90 valence electrons. The van der Waals surface area contributed by atoms with Crippen LogP contribution in [-0.2, 0) is 0 Å². The fourth-order valence-electron chi connectivity index (χ4n) is 1.55. The van der Waals surface area contributed by atoms with E-state index in [1.54, 1.807) is 7.11 Å². The zero-order valence-corrected chi connectivity index (χ0v) is 11.6. The number of methoxy groups -OCH3 is 1. The van der Waals surface area contributed by atoms with Crippen LogP contribution in [0.15, 0.2) is 22.7 Å². The number of ether oxygens (including phenoxy) is 1. The van der Waals surface area contributed by atoms with E-state index < -0.39 is 6.10 Å². The average Bonchev–Trinajstić information content (AvgIpc) is 2.26. The maximum atomic E-state index is 10.1. The van der Waals surface area contributed by atoms with Crippen LogP contribution in [0.2, 0.25) is 0 Å². The maximum absolute atomic E-state index is 10.1. The number of hydrogen-bond acceptors (Lipinski definition) is 2. The van der Waals surface area contributed by atoms with Crippen LogP contribution in [0.5, 0.6) is 5.75 Å². The molecule has 1 unspecified atom stereocenters. The summed E-state index contributed by atoms with van der Waals surface area (Å²) in [5, 5.41) is 10.1. The Morgan fingerprint density at radius 2 is 2.00 bits per heavy atom. The minimum Gasteiger partial charge on any atom is -0.497 e. The van der Waals surface area contributed by atoms with Crippen molar-refractivity contribution in [2.45, 2.75) is 32.8 Å². The first-order chi connectivity index (χ1) is 7.54. The zero-order chi connectivity index (χ0) is 12.1. The van der Waals surface area contributed by atoms with Crippen LogP contribution in [0.1, 0.15) is 38.4 Å². The van der Waals surface area contributed by atoms with E-state index in [0.29, 0.717) is 5.92 Å². The SMILES string of the molecule is COc1ccc(Br)c(C(O)CCC(C)C)c1. The molecule has 0 aliphatic rings. The average molecular weight is 287 g/mol. The third kappa shape index (κ3) is 3.80. The van der Waals surface area contributed by atoms with E-state index in [4.69, 9.17) is 4.74 Å². The van der Waals surface area contributed by atoms with Gasteiger partial charge in [0.2, 0.25) is 0 Å². The zero-order valence-electron chi connectivity index (χ0n) is 10.0. The third-order valence-corrected chi connectivity index (χ3v) is 3.30. The van der Waals surface area contributed by atoms with Crippen LogP contribution in [-0.4, -0.2) is 12.2 Å². The lowest BCUT2D eigenvalue weighted by molar-refractivity contribution is 0.158. The Kier molecular flexibility index (Phi) is 5.29. The van der Waals surface area contributed by atoms with Gasteiger partial charge in [-0.1, -0.05) is 29.8 Å². The summed E-state index contributed by atoms with van der Waals surface area (Å²) in [6, 6.07) is 5.67. The molecular formula is C13H19BrO2. The van der Waals surface area contributed by atoms with Gasteiger partial charge in [-0.2, -0.15) is 0 Å². The highest BCUT2D eigenvalue weighted by atomic mass is 79.9. The van der Waals surface area contributed by atoms with Crippen LogP contribution in [0.3, 0.4) is 0 Å². The highest BCUT2D eigenvalue weighted by Gasteiger charge is 2.12. The molecule has 0 radical (unpaired) electrons. The molecule has 0 aliphatic heterocycles. The van der Waals surface area contributed by atoms with Gasteiger partial charge >= 0.3 is 0 Å². The van der Waals surface area contributed by atoms with Gasteiger partial charge in [0.05, 0.1) is 13.2 Å². The molecule has 2 nitrogen and oxygen atoms in total. The van der Waals surface area contributed by atoms with Crippen molar-refractivity contribution in [3.8, 4) is 5.75 Å². The lowest BCUT2D eigenvalue weighted by Gasteiger charge is -2.15. The topological polar surface area (TPSA) is 29.5 Å². The van der Waals surface area contributed by atoms with E-state index in [2.05, 4.69) is 29.8 Å². The van der Waals surface area contributed by atoms with Crippen LogP contribution < -0.4 is 4.74 Å². The van der Waals surface area contributed by atoms with Gasteiger partial charge < -0.3 is 9.84 Å². The molecule has 3 heteroatoms. The monoisotopic (exact) mass is 286 g/mol. The van der Waals surface area contributed by atoms with Gasteiger partial charge in [0, 0.05) is 4.47 Å². The van der Waals surface area contributed by atoms with Crippen molar-refractivity contribution in [2.24, 2.45) is 5.92 Å². The van der Waals surface area contributed by atoms with Gasteiger partial charge in [-0.25, -0.2) is 0 Å². The minimum absolute atomic E-state index is 0.424. The molecular weight excluding hydrogens is 268 g/mol. The Labute approximate surface area is 106 Å². The predicted molar refractivity (Wildman–Crippen MR) is 69.7 cm³/mol. The van der Waals surface area contributed by atoms with Crippen LogP contribution >= 0.6 is 15.9 Å². The van der Waals surface area contributed by atoms with E-state index in [1.165, 1.54) is 0 Å². The molecule has 0 amide bonds. The number of benzene rings is 1. The summed E-state index contributed by atoms with van der Waals surface area (Å²) in [5.41, 5.74) is 0.903. The van der Waals surface area contributed by atoms with Gasteiger partial charge in [0.1, 0.15) is 5.75 Å². The quantitative estimate of drug-likeness (QED) is 0.889. The third-order valence-electron chi connectivity index (χ3n) is 2.58. The lowest BCUT2D eigenvalue weighted by Crippen LogP contribution is -2.01. The van der Waals surface area contributed by atoms with Gasteiger partial charge in [-0.3, -0.25) is 0 Å². The Morgan fingerprint density at radius 3 is 2.56 bits per heavy atom. The van der Waals surface area contributed by atoms with E-state index >= 15 is 0 Å². The number of aliphatic hydroxyl groups is 1. The fourth-order valence-corrected chi connectivity index (χ4v) is 2.06. The second-order valence-corrected chi connectivity index (χ2v) is 5.23. The van der Waals surface area contributed by atoms with Crippen molar-refractivity contribution in [3.63, 3.8) is 0 Å². The summed E-state index contributed by atoms with van der Waals surface area (Å²) in [4.78, 5) is 0. The second-order valence-electron chi connectivity index (χ2n) is 4.37. The molecule has 0 heterocycles. The first-order valence-corrected chi connectivity index (χ1v) is 6.35. The molecule has 0 fully saturated rings. The van der Waals surface area contributed by atoms with Gasteiger partial charge in [-0.15, -0.1) is 0 Å². The minimum atomic E-state index is -0.424. The van der Waals surface area contributed by atoms with E-state index in [1.807, 2.05) is 18.2 Å². The first kappa shape index (κ1) is 13.5. The molecule has 0 bridgehead atoms. The van der Waals surface area contributed by atoms with E-state index in [0.717, 1.165) is 28.6 Å². The van der Waals surface area contributed by atoms with Crippen molar-refractivity contribution in [1.82, 2.24) is 0 Å². The normalized spacial score (nSPS) is 12.9. The molecule has 0 saturated heterocycles. The molecule has 1 rings (SSSR count). The summed E-state index contributed by atoms with van der Waals surface area (Å²) >= 11 is 3.45. The molecule has 0 aliphatic carbocycles. The van der Waals surface area contributed by atoms with Crippen LogP contribution in [0.25, 0.3) is 0 Å². The summed E-state index contributed by atoms with van der Waals surface area (Å²) in [5.74, 6) is 1.39. The standard InChI is InChI=1S/C13H19BrO2/c1-9(2)4-7-13(15)11-8-10(16-3)5-6-12(11)14/h5-6,8-9,13,15H,4,7H2,1-3H3. The molecule has 0 aromatic heterocycles. The van der Waals surface area contributed by atoms with Crippen molar-refractivity contribution in [3.05, 3.63) is 28.2 Å². The largest absolute Gasteiger partial charge is 0.497 e. The van der Waals surface area contributed by atoms with Crippen LogP contribution in [0, 0.1) is 5.92 Å². The number of halogens is 1. The summed E-state index contributed by atoms with van der Waals surface area (Å²) in [6.45, 7) is 4.32. The summed E-state index contributed by atoms with van der Waals surface area (Å²) in [7, 11) is 1.63. The first-order valence-electron chi connectivity index (χ1n) is 5.56. The summed E-state index contributed by atoms with van der Waals surface area (Å²) in [6.07, 6.45) is 1.38. The Morgan fingerprint density at radius 1 is 1.31 bits per heavy atom. The van der Waals surface area contributed by atoms with E-state index in [9.17, 15) is 5.11 Å². The Balaban J connectivity index is 2.76. The van der Waals surface area contributed by atoms with Gasteiger partial charge in [-0.05, 0) is 42.5 Å². The Bertz CT molecular complexity index is 337.